The van der Waals surface area contributed by atoms with E-state index in [0.29, 0.717) is 37.8 Å². The van der Waals surface area contributed by atoms with Gasteiger partial charge in [-0.05, 0) is 65.6 Å². The zero-order valence-electron chi connectivity index (χ0n) is 28.7. The molecule has 2 saturated heterocycles. The number of likely N-dealkylation sites (tertiary alicyclic amines) is 1. The van der Waals surface area contributed by atoms with Crippen LogP contribution in [0.1, 0.15) is 44.7 Å². The van der Waals surface area contributed by atoms with Gasteiger partial charge in [0.2, 0.25) is 11.8 Å². The molecule has 4 heterocycles. The predicted molar refractivity (Wildman–Crippen MR) is 203 cm³/mol. The molecule has 0 saturated carbocycles. The third kappa shape index (κ3) is 9.77. The molecule has 272 valence electrons. The van der Waals surface area contributed by atoms with Crippen molar-refractivity contribution in [3.05, 3.63) is 131 Å². The second-order valence-electron chi connectivity index (χ2n) is 13.1. The molecule has 0 spiro atoms. The lowest BCUT2D eigenvalue weighted by Gasteiger charge is -2.39. The van der Waals surface area contributed by atoms with E-state index in [1.165, 1.54) is 23.8 Å². The minimum absolute atomic E-state index is 0.0953. The van der Waals surface area contributed by atoms with Crippen LogP contribution in [0.3, 0.4) is 0 Å². The third-order valence-electron chi connectivity index (χ3n) is 9.55. The summed E-state index contributed by atoms with van der Waals surface area (Å²) in [4.78, 5) is 42.8. The van der Waals surface area contributed by atoms with Crippen LogP contribution in [0.2, 0.25) is 0 Å². The maximum absolute atomic E-state index is 14.7. The Morgan fingerprint density at radius 2 is 1.56 bits per heavy atom. The molecule has 2 aromatic heterocycles. The Hall–Kier alpha value is -4.30. The fourth-order valence-corrected chi connectivity index (χ4v) is 7.77. The van der Waals surface area contributed by atoms with Gasteiger partial charge in [-0.25, -0.2) is 4.98 Å². The first-order valence-electron chi connectivity index (χ1n) is 17.5. The lowest BCUT2D eigenvalue weighted by atomic mass is 9.89. The number of halogens is 4. The van der Waals surface area contributed by atoms with Crippen LogP contribution in [0.5, 0.6) is 0 Å². The zero-order valence-corrected chi connectivity index (χ0v) is 30.8. The van der Waals surface area contributed by atoms with Crippen molar-refractivity contribution >= 4 is 46.3 Å². The number of piperidine rings is 1. The third-order valence-corrected chi connectivity index (χ3v) is 11.0. The number of hydrogen-bond donors (Lipinski definition) is 0. The number of anilines is 1. The van der Waals surface area contributed by atoms with Crippen molar-refractivity contribution in [3.8, 4) is 0 Å². The molecule has 0 N–H and O–H groups in total. The van der Waals surface area contributed by atoms with Gasteiger partial charge in [0.1, 0.15) is 17.6 Å². The number of pyridine rings is 2. The number of benzene rings is 2. The summed E-state index contributed by atoms with van der Waals surface area (Å²) >= 11 is 2.26. The van der Waals surface area contributed by atoms with Gasteiger partial charge in [0.25, 0.3) is 0 Å². The van der Waals surface area contributed by atoms with Crippen molar-refractivity contribution in [1.82, 2.24) is 19.8 Å². The molecule has 0 bridgehead atoms. The van der Waals surface area contributed by atoms with Gasteiger partial charge >= 0.3 is 6.18 Å². The molecule has 12 heteroatoms. The fraction of sp³-hybridized carbons (Fsp3) is 0.350. The van der Waals surface area contributed by atoms with E-state index in [9.17, 15) is 22.8 Å². The highest BCUT2D eigenvalue weighted by atomic mass is 127. The van der Waals surface area contributed by atoms with Gasteiger partial charge < -0.3 is 19.4 Å². The van der Waals surface area contributed by atoms with E-state index in [-0.39, 0.29) is 12.5 Å². The number of nitrogens with zero attached hydrogens (tertiary/aromatic N) is 5. The van der Waals surface area contributed by atoms with Gasteiger partial charge in [-0.2, -0.15) is 13.2 Å². The van der Waals surface area contributed by atoms with Crippen LogP contribution in [-0.2, 0) is 33.5 Å². The molecular formula is C40H41F3IN5O3. The first-order valence-corrected chi connectivity index (χ1v) is 18.7. The number of rotatable bonds is 11. The summed E-state index contributed by atoms with van der Waals surface area (Å²) in [5, 5.41) is 0. The molecule has 52 heavy (non-hydrogen) atoms. The molecule has 2 amide bonds. The molecule has 0 radical (unpaired) electrons. The monoisotopic (exact) mass is 823 g/mol. The van der Waals surface area contributed by atoms with Gasteiger partial charge in [0.15, 0.2) is 0 Å². The van der Waals surface area contributed by atoms with Crippen LogP contribution in [0.15, 0.2) is 103 Å². The quantitative estimate of drug-likeness (QED) is 0.0892. The average Bonchev–Trinajstić information content (AvgIpc) is 3.18. The average molecular weight is 824 g/mol. The van der Waals surface area contributed by atoms with E-state index >= 15 is 0 Å². The Kier molecular flexibility index (Phi) is 12.6. The SMILES string of the molecule is O=C(C(C(I)c1ccccc1)N(Cc1ccc(N2CCOCC2)nc1)C(=O)C=Cc1ccc(C(F)(F)F)nc1)N1CCC(Cc2ccccc2)CC1. The summed E-state index contributed by atoms with van der Waals surface area (Å²) in [6, 6.07) is 25.1. The van der Waals surface area contributed by atoms with Crippen molar-refractivity contribution in [2.75, 3.05) is 44.3 Å². The smallest absolute Gasteiger partial charge is 0.378 e. The van der Waals surface area contributed by atoms with Crippen molar-refractivity contribution in [2.45, 2.75) is 41.9 Å². The van der Waals surface area contributed by atoms with Crippen LogP contribution in [0.4, 0.5) is 19.0 Å². The van der Waals surface area contributed by atoms with Crippen LogP contribution in [0, 0.1) is 5.92 Å². The Morgan fingerprint density at radius 1 is 0.865 bits per heavy atom. The highest BCUT2D eigenvalue weighted by Crippen LogP contribution is 2.34. The maximum atomic E-state index is 14.7. The molecule has 2 fully saturated rings. The van der Waals surface area contributed by atoms with Crippen LogP contribution in [0.25, 0.3) is 6.08 Å². The molecule has 2 aliphatic heterocycles. The Balaban J connectivity index is 1.29. The molecule has 2 aliphatic rings. The van der Waals surface area contributed by atoms with Crippen LogP contribution < -0.4 is 4.90 Å². The van der Waals surface area contributed by atoms with Crippen molar-refractivity contribution in [1.29, 1.82) is 0 Å². The summed E-state index contributed by atoms with van der Waals surface area (Å²) < 4.78 is 44.5. The molecule has 6 rings (SSSR count). The molecule has 2 unspecified atom stereocenters. The fourth-order valence-electron chi connectivity index (χ4n) is 6.66. The molecule has 0 aliphatic carbocycles. The number of carbonyl (C=O) groups excluding carboxylic acids is 2. The number of amides is 2. The van der Waals surface area contributed by atoms with Gasteiger partial charge in [0, 0.05) is 51.2 Å². The summed E-state index contributed by atoms with van der Waals surface area (Å²) in [6.45, 7) is 3.95. The van der Waals surface area contributed by atoms with Crippen LogP contribution >= 0.6 is 22.6 Å². The van der Waals surface area contributed by atoms with Gasteiger partial charge in [-0.1, -0.05) is 95.4 Å². The van der Waals surface area contributed by atoms with Gasteiger partial charge in [-0.3, -0.25) is 14.6 Å². The highest BCUT2D eigenvalue weighted by Gasteiger charge is 2.39. The van der Waals surface area contributed by atoms with E-state index in [1.54, 1.807) is 11.1 Å². The number of morpholine rings is 1. The van der Waals surface area contributed by atoms with E-state index in [1.807, 2.05) is 65.6 Å². The normalized spacial score (nSPS) is 16.8. The van der Waals surface area contributed by atoms with Crippen LogP contribution in [-0.4, -0.2) is 77.0 Å². The molecule has 8 nitrogen and oxygen atoms in total. The molecule has 2 atom stereocenters. The minimum atomic E-state index is -4.57. The lowest BCUT2D eigenvalue weighted by molar-refractivity contribution is -0.145. The van der Waals surface area contributed by atoms with E-state index in [4.69, 9.17) is 9.72 Å². The topological polar surface area (TPSA) is 78.9 Å². The summed E-state index contributed by atoms with van der Waals surface area (Å²) in [6.07, 6.45) is 3.64. The Bertz CT molecular complexity index is 1780. The molecular weight excluding hydrogens is 782 g/mol. The standard InChI is InChI=1S/C40H41F3IN5O3/c41-40(42,43)34-14-11-31(26-45-34)13-16-36(50)49(28-32-12-15-35(46-27-32)47-21-23-52-24-22-47)38(37(44)33-9-5-2-6-10-33)39(51)48-19-17-30(18-20-48)25-29-7-3-1-4-8-29/h1-16,26-27,30,37-38H,17-25,28H2. The summed E-state index contributed by atoms with van der Waals surface area (Å²) in [5.41, 5.74) is 2.23. The number of hydrogen-bond acceptors (Lipinski definition) is 6. The second kappa shape index (κ2) is 17.5. The second-order valence-corrected chi connectivity index (χ2v) is 14.5. The van der Waals surface area contributed by atoms with E-state index in [2.05, 4.69) is 44.6 Å². The number of carbonyl (C=O) groups is 2. The lowest BCUT2D eigenvalue weighted by Crippen LogP contribution is -2.53. The largest absolute Gasteiger partial charge is 0.433 e. The number of aromatic nitrogens is 2. The summed E-state index contributed by atoms with van der Waals surface area (Å²) in [5.74, 6) is 0.662. The number of ether oxygens (including phenoxy) is 1. The number of alkyl halides is 4. The zero-order chi connectivity index (χ0) is 36.5. The van der Waals surface area contributed by atoms with Crippen molar-refractivity contribution in [2.24, 2.45) is 5.92 Å². The first-order chi connectivity index (χ1) is 25.2. The van der Waals surface area contributed by atoms with E-state index < -0.39 is 27.7 Å². The highest BCUT2D eigenvalue weighted by molar-refractivity contribution is 14.1. The molecule has 4 aromatic rings. The van der Waals surface area contributed by atoms with E-state index in [0.717, 1.165) is 61.6 Å². The van der Waals surface area contributed by atoms with Gasteiger partial charge in [0.05, 0.1) is 17.1 Å². The Morgan fingerprint density at radius 3 is 2.17 bits per heavy atom. The van der Waals surface area contributed by atoms with Crippen molar-refractivity contribution in [3.63, 3.8) is 0 Å². The maximum Gasteiger partial charge on any atom is 0.433 e. The van der Waals surface area contributed by atoms with Gasteiger partial charge in [-0.15, -0.1) is 0 Å². The first kappa shape index (κ1) is 37.5. The molecule has 2 aromatic carbocycles. The van der Waals surface area contributed by atoms with Crippen molar-refractivity contribution < 1.29 is 27.5 Å². The predicted octanol–water partition coefficient (Wildman–Crippen LogP) is 7.40. The minimum Gasteiger partial charge on any atom is -0.378 e. The summed E-state index contributed by atoms with van der Waals surface area (Å²) in [7, 11) is 0. The Labute approximate surface area is 315 Å².